The second-order valence-corrected chi connectivity index (χ2v) is 9.30. The van der Waals surface area contributed by atoms with Gasteiger partial charge in [-0.25, -0.2) is 4.98 Å². The molecule has 2 saturated carbocycles. The van der Waals surface area contributed by atoms with Crippen LogP contribution in [0.4, 0.5) is 19.0 Å². The standard InChI is InChI=1S/C21H22F3N5O2/c22-21(23,24)20-26-18(27-31-20)13-3-4-17(25-8-13)28-9-14-7-15(10-28)29(14)19(30)16-6-11-1-2-12(16)5-11/h3-4,8,11-12,14-16H,1-2,5-7,9-10H2. The zero-order valence-corrected chi connectivity index (χ0v) is 16.8. The molecule has 2 aromatic heterocycles. The molecule has 1 amide bonds. The maximum Gasteiger partial charge on any atom is 0.471 e. The summed E-state index contributed by atoms with van der Waals surface area (Å²) in [5.74, 6) is 1.15. The third kappa shape index (κ3) is 3.10. The summed E-state index contributed by atoms with van der Waals surface area (Å²) in [4.78, 5) is 25.2. The molecule has 31 heavy (non-hydrogen) atoms. The van der Waals surface area contributed by atoms with Crippen molar-refractivity contribution in [1.82, 2.24) is 20.0 Å². The van der Waals surface area contributed by atoms with Gasteiger partial charge < -0.3 is 14.3 Å². The quantitative estimate of drug-likeness (QED) is 0.739. The first-order chi connectivity index (χ1) is 14.9. The van der Waals surface area contributed by atoms with Crippen LogP contribution in [-0.2, 0) is 11.0 Å². The largest absolute Gasteiger partial charge is 0.471 e. The van der Waals surface area contributed by atoms with Gasteiger partial charge in [0.15, 0.2) is 0 Å². The van der Waals surface area contributed by atoms with Crippen molar-refractivity contribution in [2.24, 2.45) is 17.8 Å². The van der Waals surface area contributed by atoms with Crippen LogP contribution in [0.1, 0.15) is 38.0 Å². The fourth-order valence-corrected chi connectivity index (χ4v) is 6.06. The molecule has 10 heteroatoms. The molecule has 5 fully saturated rings. The highest BCUT2D eigenvalue weighted by Gasteiger charge is 2.52. The van der Waals surface area contributed by atoms with Gasteiger partial charge in [0.05, 0.1) is 12.1 Å². The van der Waals surface area contributed by atoms with Gasteiger partial charge >= 0.3 is 12.1 Å². The highest BCUT2D eigenvalue weighted by molar-refractivity contribution is 5.82. The number of alkyl halides is 3. The van der Waals surface area contributed by atoms with Gasteiger partial charge in [-0.15, -0.1) is 0 Å². The van der Waals surface area contributed by atoms with E-state index in [4.69, 9.17) is 0 Å². The number of carbonyl (C=O) groups excluding carboxylic acids is 1. The number of piperidine rings is 1. The van der Waals surface area contributed by atoms with E-state index in [0.717, 1.165) is 37.7 Å². The van der Waals surface area contributed by atoms with Gasteiger partial charge in [0.1, 0.15) is 5.82 Å². The van der Waals surface area contributed by atoms with Gasteiger partial charge in [-0.05, 0) is 49.7 Å². The number of anilines is 1. The molecule has 7 rings (SSSR count). The van der Waals surface area contributed by atoms with E-state index < -0.39 is 12.1 Å². The Morgan fingerprint density at radius 1 is 1.10 bits per heavy atom. The molecule has 2 aliphatic carbocycles. The molecule has 5 aliphatic rings. The Bertz CT molecular complexity index is 995. The van der Waals surface area contributed by atoms with Gasteiger partial charge in [-0.3, -0.25) is 4.79 Å². The monoisotopic (exact) mass is 433 g/mol. The third-order valence-electron chi connectivity index (χ3n) is 7.50. The normalized spacial score (nSPS) is 31.8. The first-order valence-electron chi connectivity index (χ1n) is 10.8. The van der Waals surface area contributed by atoms with Crippen LogP contribution in [0.3, 0.4) is 0 Å². The predicted molar refractivity (Wildman–Crippen MR) is 103 cm³/mol. The minimum atomic E-state index is -4.67. The van der Waals surface area contributed by atoms with Crippen LogP contribution in [0, 0.1) is 17.8 Å². The molecule has 3 saturated heterocycles. The van der Waals surface area contributed by atoms with Crippen LogP contribution in [0.5, 0.6) is 0 Å². The topological polar surface area (TPSA) is 75.4 Å². The Morgan fingerprint density at radius 2 is 1.90 bits per heavy atom. The number of rotatable bonds is 3. The van der Waals surface area contributed by atoms with E-state index in [1.54, 1.807) is 12.1 Å². The Labute approximate surface area is 176 Å². The lowest BCUT2D eigenvalue weighted by molar-refractivity contribution is -0.159. The van der Waals surface area contributed by atoms with Gasteiger partial charge in [-0.1, -0.05) is 11.6 Å². The van der Waals surface area contributed by atoms with Crippen molar-refractivity contribution in [3.05, 3.63) is 24.2 Å². The molecular weight excluding hydrogens is 411 g/mol. The number of halogens is 3. The van der Waals surface area contributed by atoms with Crippen LogP contribution >= 0.6 is 0 Å². The van der Waals surface area contributed by atoms with Crippen molar-refractivity contribution in [2.45, 2.75) is 50.4 Å². The average molecular weight is 433 g/mol. The zero-order chi connectivity index (χ0) is 21.3. The number of fused-ring (bicyclic) bond motifs is 4. The number of carbonyl (C=O) groups is 1. The molecule has 5 atom stereocenters. The summed E-state index contributed by atoms with van der Waals surface area (Å²) in [6, 6.07) is 3.84. The maximum absolute atomic E-state index is 13.1. The second-order valence-electron chi connectivity index (χ2n) is 9.30. The molecule has 164 valence electrons. The number of aromatic nitrogens is 3. The maximum atomic E-state index is 13.1. The van der Waals surface area contributed by atoms with E-state index in [-0.39, 0.29) is 23.8 Å². The highest BCUT2D eigenvalue weighted by Crippen LogP contribution is 2.50. The second kappa shape index (κ2) is 6.67. The Balaban J connectivity index is 1.12. The van der Waals surface area contributed by atoms with Gasteiger partial charge in [-0.2, -0.15) is 18.2 Å². The average Bonchev–Trinajstić information content (AvgIpc) is 3.50. The third-order valence-corrected chi connectivity index (χ3v) is 7.50. The number of piperazine rings is 1. The number of hydrogen-bond donors (Lipinski definition) is 0. The molecule has 4 bridgehead atoms. The number of hydrogen-bond acceptors (Lipinski definition) is 6. The van der Waals surface area contributed by atoms with Crippen LogP contribution < -0.4 is 4.90 Å². The van der Waals surface area contributed by atoms with E-state index in [0.29, 0.717) is 17.4 Å². The molecule has 0 spiro atoms. The lowest BCUT2D eigenvalue weighted by Gasteiger charge is -2.57. The number of nitrogens with zero attached hydrogens (tertiary/aromatic N) is 5. The summed E-state index contributed by atoms with van der Waals surface area (Å²) in [5.41, 5.74) is 0.359. The fourth-order valence-electron chi connectivity index (χ4n) is 6.06. The lowest BCUT2D eigenvalue weighted by Crippen LogP contribution is -2.71. The Hall–Kier alpha value is -2.65. The SMILES string of the molecule is O=C(C1CC2CCC1C2)N1C2CC1CN(c1ccc(-c3noc(C(F)(F)F)n3)cn1)C2. The van der Waals surface area contributed by atoms with Crippen LogP contribution in [0.15, 0.2) is 22.9 Å². The van der Waals surface area contributed by atoms with E-state index in [2.05, 4.69) is 29.4 Å². The van der Waals surface area contributed by atoms with E-state index >= 15 is 0 Å². The molecular formula is C21H22F3N5O2. The van der Waals surface area contributed by atoms with Crippen molar-refractivity contribution < 1.29 is 22.5 Å². The summed E-state index contributed by atoms with van der Waals surface area (Å²) in [5, 5.41) is 3.39. The van der Waals surface area contributed by atoms with E-state index in [1.807, 2.05) is 0 Å². The summed E-state index contributed by atoms with van der Waals surface area (Å²) >= 11 is 0. The summed E-state index contributed by atoms with van der Waals surface area (Å²) in [7, 11) is 0. The van der Waals surface area contributed by atoms with Crippen molar-refractivity contribution in [3.8, 4) is 11.4 Å². The molecule has 3 aliphatic heterocycles. The highest BCUT2D eigenvalue weighted by atomic mass is 19.4. The Morgan fingerprint density at radius 3 is 2.48 bits per heavy atom. The molecule has 2 aromatic rings. The number of pyridine rings is 1. The van der Waals surface area contributed by atoms with Crippen LogP contribution in [-0.4, -0.2) is 51.1 Å². The molecule has 0 radical (unpaired) electrons. The molecule has 7 nitrogen and oxygen atoms in total. The summed E-state index contributed by atoms with van der Waals surface area (Å²) < 4.78 is 42.2. The fraction of sp³-hybridized carbons (Fsp3) is 0.619. The van der Waals surface area contributed by atoms with Crippen molar-refractivity contribution >= 4 is 11.7 Å². The first kappa shape index (κ1) is 19.1. The number of amides is 1. The van der Waals surface area contributed by atoms with Crippen molar-refractivity contribution in [3.63, 3.8) is 0 Å². The summed E-state index contributed by atoms with van der Waals surface area (Å²) in [6.07, 6.45) is 2.61. The van der Waals surface area contributed by atoms with Crippen LogP contribution in [0.25, 0.3) is 11.4 Å². The minimum absolute atomic E-state index is 0.143. The van der Waals surface area contributed by atoms with Crippen LogP contribution in [0.2, 0.25) is 0 Å². The van der Waals surface area contributed by atoms with Gasteiger partial charge in [0.2, 0.25) is 11.7 Å². The minimum Gasteiger partial charge on any atom is -0.352 e. The van der Waals surface area contributed by atoms with Gasteiger partial charge in [0.25, 0.3) is 0 Å². The smallest absolute Gasteiger partial charge is 0.352 e. The molecule has 0 aromatic carbocycles. The first-order valence-corrected chi connectivity index (χ1v) is 10.8. The predicted octanol–water partition coefficient (Wildman–Crippen LogP) is 3.38. The molecule has 5 heterocycles. The van der Waals surface area contributed by atoms with Gasteiger partial charge in [0, 0.05) is 30.8 Å². The van der Waals surface area contributed by atoms with E-state index in [9.17, 15) is 18.0 Å². The van der Waals surface area contributed by atoms with E-state index in [1.165, 1.54) is 25.5 Å². The summed E-state index contributed by atoms with van der Waals surface area (Å²) in [6.45, 7) is 1.46. The van der Waals surface area contributed by atoms with Crippen molar-refractivity contribution in [1.29, 1.82) is 0 Å². The molecule has 0 N–H and O–H groups in total. The Kier molecular flexibility index (Phi) is 4.10. The zero-order valence-electron chi connectivity index (χ0n) is 16.8. The van der Waals surface area contributed by atoms with Crippen molar-refractivity contribution in [2.75, 3.05) is 18.0 Å². The molecule has 5 unspecified atom stereocenters. The lowest BCUT2D eigenvalue weighted by atomic mass is 9.81.